The van der Waals surface area contributed by atoms with Crippen molar-refractivity contribution in [1.29, 1.82) is 0 Å². The molecule has 17 heavy (non-hydrogen) atoms. The predicted molar refractivity (Wildman–Crippen MR) is 66.1 cm³/mol. The van der Waals surface area contributed by atoms with E-state index in [-0.39, 0.29) is 5.82 Å². The summed E-state index contributed by atoms with van der Waals surface area (Å²) < 4.78 is 15.6. The number of nitrogens with one attached hydrogen (secondary N) is 1. The zero-order chi connectivity index (χ0) is 12.4. The van der Waals surface area contributed by atoms with Crippen LogP contribution in [0.15, 0.2) is 24.4 Å². The van der Waals surface area contributed by atoms with Gasteiger partial charge >= 0.3 is 0 Å². The van der Waals surface area contributed by atoms with E-state index in [0.717, 1.165) is 23.4 Å². The van der Waals surface area contributed by atoms with Gasteiger partial charge in [-0.3, -0.25) is 4.68 Å². The van der Waals surface area contributed by atoms with E-state index in [1.54, 1.807) is 16.9 Å². The fraction of sp³-hybridized carbons (Fsp3) is 0.308. The second kappa shape index (κ2) is 4.67. The van der Waals surface area contributed by atoms with Crippen LogP contribution >= 0.6 is 0 Å². The van der Waals surface area contributed by atoms with E-state index in [1.165, 1.54) is 6.07 Å². The summed E-state index contributed by atoms with van der Waals surface area (Å²) in [4.78, 5) is 0. The Labute approximate surface area is 100 Å². The van der Waals surface area contributed by atoms with Crippen molar-refractivity contribution in [2.45, 2.75) is 13.5 Å². The molecule has 0 unspecified atom stereocenters. The largest absolute Gasteiger partial charge is 0.316 e. The highest BCUT2D eigenvalue weighted by Gasteiger charge is 2.11. The fourth-order valence-corrected chi connectivity index (χ4v) is 1.86. The van der Waals surface area contributed by atoms with Gasteiger partial charge in [-0.2, -0.15) is 5.10 Å². The third-order valence-corrected chi connectivity index (χ3v) is 2.94. The van der Waals surface area contributed by atoms with Crippen molar-refractivity contribution < 1.29 is 4.39 Å². The van der Waals surface area contributed by atoms with Crippen LogP contribution in [0, 0.1) is 12.7 Å². The molecule has 0 aliphatic heterocycles. The Morgan fingerprint density at radius 3 is 2.71 bits per heavy atom. The topological polar surface area (TPSA) is 29.9 Å². The van der Waals surface area contributed by atoms with Crippen molar-refractivity contribution in [1.82, 2.24) is 15.1 Å². The molecule has 1 N–H and O–H groups in total. The van der Waals surface area contributed by atoms with Crippen LogP contribution in [0.1, 0.15) is 11.3 Å². The molecule has 0 saturated heterocycles. The highest BCUT2D eigenvalue weighted by molar-refractivity contribution is 5.66. The number of hydrogen-bond acceptors (Lipinski definition) is 2. The van der Waals surface area contributed by atoms with Gasteiger partial charge in [0.15, 0.2) is 0 Å². The number of aromatic nitrogens is 2. The van der Waals surface area contributed by atoms with Crippen LogP contribution in [0.4, 0.5) is 4.39 Å². The van der Waals surface area contributed by atoms with Gasteiger partial charge in [-0.15, -0.1) is 0 Å². The maximum Gasteiger partial charge on any atom is 0.131 e. The van der Waals surface area contributed by atoms with E-state index in [4.69, 9.17) is 0 Å². The second-order valence-electron chi connectivity index (χ2n) is 4.11. The molecule has 0 fully saturated rings. The SMILES string of the molecule is CNCc1ccc(F)c(-c2cnn(C)c2C)c1. The maximum absolute atomic E-state index is 13.8. The van der Waals surface area contributed by atoms with Gasteiger partial charge in [-0.05, 0) is 31.7 Å². The van der Waals surface area contributed by atoms with Crippen LogP contribution in [0.5, 0.6) is 0 Å². The van der Waals surface area contributed by atoms with Crippen LogP contribution in [0.3, 0.4) is 0 Å². The fourth-order valence-electron chi connectivity index (χ4n) is 1.86. The molecule has 1 aromatic carbocycles. The molecule has 4 heteroatoms. The molecule has 0 amide bonds. The first-order chi connectivity index (χ1) is 8.13. The van der Waals surface area contributed by atoms with E-state index in [2.05, 4.69) is 10.4 Å². The Morgan fingerprint density at radius 1 is 1.35 bits per heavy atom. The third kappa shape index (κ3) is 2.22. The van der Waals surface area contributed by atoms with E-state index < -0.39 is 0 Å². The number of nitrogens with zero attached hydrogens (tertiary/aromatic N) is 2. The molecule has 0 bridgehead atoms. The maximum atomic E-state index is 13.8. The van der Waals surface area contributed by atoms with Crippen LogP contribution in [-0.2, 0) is 13.6 Å². The minimum absolute atomic E-state index is 0.207. The molecule has 0 aliphatic rings. The lowest BCUT2D eigenvalue weighted by Gasteiger charge is -2.06. The zero-order valence-corrected chi connectivity index (χ0v) is 10.3. The van der Waals surface area contributed by atoms with Gasteiger partial charge in [0.1, 0.15) is 5.82 Å². The predicted octanol–water partition coefficient (Wildman–Crippen LogP) is 2.25. The molecule has 0 spiro atoms. The van der Waals surface area contributed by atoms with E-state index >= 15 is 0 Å². The van der Waals surface area contributed by atoms with Gasteiger partial charge in [0.25, 0.3) is 0 Å². The van der Waals surface area contributed by atoms with Gasteiger partial charge in [-0.25, -0.2) is 4.39 Å². The molecule has 1 heterocycles. The van der Waals surface area contributed by atoms with Crippen molar-refractivity contribution in [3.8, 4) is 11.1 Å². The van der Waals surface area contributed by atoms with Crippen molar-refractivity contribution >= 4 is 0 Å². The summed E-state index contributed by atoms with van der Waals surface area (Å²) in [6, 6.07) is 5.17. The summed E-state index contributed by atoms with van der Waals surface area (Å²) in [5.41, 5.74) is 3.49. The highest BCUT2D eigenvalue weighted by Crippen LogP contribution is 2.26. The first-order valence-electron chi connectivity index (χ1n) is 5.55. The minimum Gasteiger partial charge on any atom is -0.316 e. The van der Waals surface area contributed by atoms with Crippen LogP contribution in [0.2, 0.25) is 0 Å². The highest BCUT2D eigenvalue weighted by atomic mass is 19.1. The Balaban J connectivity index is 2.50. The van der Waals surface area contributed by atoms with Gasteiger partial charge in [0.05, 0.1) is 6.20 Å². The summed E-state index contributed by atoms with van der Waals surface area (Å²) in [6.45, 7) is 2.67. The Bertz CT molecular complexity index is 531. The lowest BCUT2D eigenvalue weighted by Crippen LogP contribution is -2.05. The molecule has 0 saturated carbocycles. The number of benzene rings is 1. The Kier molecular flexibility index (Phi) is 3.24. The summed E-state index contributed by atoms with van der Waals surface area (Å²) in [6.07, 6.45) is 1.71. The number of rotatable bonds is 3. The molecule has 2 rings (SSSR count). The molecule has 1 aromatic heterocycles. The normalized spacial score (nSPS) is 10.8. The molecule has 3 nitrogen and oxygen atoms in total. The molecule has 2 aromatic rings. The number of halogens is 1. The van der Waals surface area contributed by atoms with E-state index in [0.29, 0.717) is 5.56 Å². The first-order valence-corrected chi connectivity index (χ1v) is 5.55. The van der Waals surface area contributed by atoms with Crippen LogP contribution in [0.25, 0.3) is 11.1 Å². The smallest absolute Gasteiger partial charge is 0.131 e. The lowest BCUT2D eigenvalue weighted by atomic mass is 10.0. The van der Waals surface area contributed by atoms with Crippen molar-refractivity contribution in [2.75, 3.05) is 7.05 Å². The summed E-state index contributed by atoms with van der Waals surface area (Å²) in [5.74, 6) is -0.207. The van der Waals surface area contributed by atoms with Gasteiger partial charge in [0, 0.05) is 30.4 Å². The van der Waals surface area contributed by atoms with E-state index in [9.17, 15) is 4.39 Å². The van der Waals surface area contributed by atoms with Crippen LogP contribution in [-0.4, -0.2) is 16.8 Å². The second-order valence-corrected chi connectivity index (χ2v) is 4.11. The zero-order valence-electron chi connectivity index (χ0n) is 10.3. The molecule has 90 valence electrons. The van der Waals surface area contributed by atoms with Gasteiger partial charge in [-0.1, -0.05) is 6.07 Å². The molecular weight excluding hydrogens is 217 g/mol. The van der Waals surface area contributed by atoms with Gasteiger partial charge in [0.2, 0.25) is 0 Å². The standard InChI is InChI=1S/C13H16FN3/c1-9-12(8-16-17(9)3)11-6-10(7-15-2)4-5-13(11)14/h4-6,8,15H,7H2,1-3H3. The molecule has 0 aliphatic carbocycles. The number of aryl methyl sites for hydroxylation is 1. The van der Waals surface area contributed by atoms with Crippen molar-refractivity contribution in [2.24, 2.45) is 7.05 Å². The third-order valence-electron chi connectivity index (χ3n) is 2.94. The molecule has 0 radical (unpaired) electrons. The average molecular weight is 233 g/mol. The molecular formula is C13H16FN3. The summed E-state index contributed by atoms with van der Waals surface area (Å²) in [7, 11) is 3.73. The average Bonchev–Trinajstić information content (AvgIpc) is 2.63. The summed E-state index contributed by atoms with van der Waals surface area (Å²) in [5, 5.41) is 7.20. The lowest BCUT2D eigenvalue weighted by molar-refractivity contribution is 0.629. The Morgan fingerprint density at radius 2 is 2.12 bits per heavy atom. The van der Waals surface area contributed by atoms with Crippen LogP contribution < -0.4 is 5.32 Å². The Hall–Kier alpha value is -1.68. The quantitative estimate of drug-likeness (QED) is 0.881. The monoisotopic (exact) mass is 233 g/mol. The number of hydrogen-bond donors (Lipinski definition) is 1. The van der Waals surface area contributed by atoms with Crippen molar-refractivity contribution in [3.05, 3.63) is 41.5 Å². The van der Waals surface area contributed by atoms with Gasteiger partial charge < -0.3 is 5.32 Å². The molecule has 0 atom stereocenters. The van der Waals surface area contributed by atoms with Crippen molar-refractivity contribution in [3.63, 3.8) is 0 Å². The minimum atomic E-state index is -0.207. The van der Waals surface area contributed by atoms with E-state index in [1.807, 2.05) is 27.1 Å². The summed E-state index contributed by atoms with van der Waals surface area (Å²) >= 11 is 0. The first kappa shape index (κ1) is 11.8.